The molecule has 1 aliphatic heterocycles. The third-order valence-corrected chi connectivity index (χ3v) is 3.67. The molecule has 0 bridgehead atoms. The van der Waals surface area contributed by atoms with Gasteiger partial charge in [-0.05, 0) is 19.8 Å². The average molecular weight is 340 g/mol. The molecule has 0 saturated carbocycles. The zero-order valence-electron chi connectivity index (χ0n) is 13.7. The summed E-state index contributed by atoms with van der Waals surface area (Å²) in [6, 6.07) is 0. The van der Waals surface area contributed by atoms with Crippen LogP contribution in [-0.2, 0) is 23.8 Å². The fraction of sp³-hybridized carbons (Fsp3) is 0.600. The van der Waals surface area contributed by atoms with Gasteiger partial charge in [0.15, 0.2) is 0 Å². The van der Waals surface area contributed by atoms with Gasteiger partial charge in [0.25, 0.3) is 5.56 Å². The number of aryl methyl sites for hydroxylation is 1. The molecule has 1 aliphatic rings. The number of nitrogens with one attached hydrogen (secondary N) is 1. The van der Waals surface area contributed by atoms with Gasteiger partial charge in [0, 0.05) is 25.6 Å². The first-order valence-corrected chi connectivity index (χ1v) is 7.56. The molecule has 3 unspecified atom stereocenters. The van der Waals surface area contributed by atoms with E-state index in [2.05, 4.69) is 4.98 Å². The highest BCUT2D eigenvalue weighted by atomic mass is 16.6. The molecule has 2 heterocycles. The molecule has 0 radical (unpaired) electrons. The molecule has 1 aromatic heterocycles. The van der Waals surface area contributed by atoms with Crippen LogP contribution in [0.25, 0.3) is 0 Å². The van der Waals surface area contributed by atoms with Gasteiger partial charge in [-0.15, -0.1) is 0 Å². The van der Waals surface area contributed by atoms with Crippen molar-refractivity contribution in [1.29, 1.82) is 0 Å². The summed E-state index contributed by atoms with van der Waals surface area (Å²) in [5.74, 6) is -0.953. The lowest BCUT2D eigenvalue weighted by Crippen LogP contribution is -2.45. The summed E-state index contributed by atoms with van der Waals surface area (Å²) in [5.41, 5.74) is -0.675. The molecule has 1 saturated heterocycles. The maximum Gasteiger partial charge on any atom is 0.330 e. The van der Waals surface area contributed by atoms with Crippen molar-refractivity contribution in [3.63, 3.8) is 0 Å². The number of rotatable bonds is 4. The van der Waals surface area contributed by atoms with E-state index >= 15 is 0 Å². The number of hydrogen-bond donors (Lipinski definition) is 1. The van der Waals surface area contributed by atoms with E-state index in [-0.39, 0.29) is 6.61 Å². The number of carbonyl (C=O) groups is 2. The van der Waals surface area contributed by atoms with Crippen LogP contribution in [0.15, 0.2) is 15.8 Å². The van der Waals surface area contributed by atoms with E-state index in [4.69, 9.17) is 14.2 Å². The fourth-order valence-electron chi connectivity index (χ4n) is 2.55. The maximum atomic E-state index is 12.0. The quantitative estimate of drug-likeness (QED) is 0.768. The van der Waals surface area contributed by atoms with Gasteiger partial charge in [-0.25, -0.2) is 4.79 Å². The van der Waals surface area contributed by atoms with Gasteiger partial charge < -0.3 is 14.2 Å². The predicted octanol–water partition coefficient (Wildman–Crippen LogP) is 0.0174. The van der Waals surface area contributed by atoms with Crippen LogP contribution in [0, 0.1) is 6.92 Å². The summed E-state index contributed by atoms with van der Waals surface area (Å²) in [4.78, 5) is 47.9. The Morgan fingerprint density at radius 3 is 2.62 bits per heavy atom. The molecule has 0 aromatic carbocycles. The zero-order valence-corrected chi connectivity index (χ0v) is 13.7. The fourth-order valence-corrected chi connectivity index (χ4v) is 2.55. The summed E-state index contributed by atoms with van der Waals surface area (Å²) >= 11 is 0. The van der Waals surface area contributed by atoms with Crippen molar-refractivity contribution in [2.45, 2.75) is 52.0 Å². The number of hydrogen-bond acceptors (Lipinski definition) is 7. The largest absolute Gasteiger partial charge is 0.463 e. The molecule has 1 N–H and O–H groups in total. The minimum absolute atomic E-state index is 0.0964. The molecule has 0 amide bonds. The second kappa shape index (κ2) is 7.43. The summed E-state index contributed by atoms with van der Waals surface area (Å²) < 4.78 is 17.2. The van der Waals surface area contributed by atoms with E-state index in [1.54, 1.807) is 6.92 Å². The number of aromatic nitrogens is 2. The van der Waals surface area contributed by atoms with E-state index in [1.165, 1.54) is 24.6 Å². The first-order valence-electron chi connectivity index (χ1n) is 7.56. The Hall–Kier alpha value is -2.42. The van der Waals surface area contributed by atoms with Gasteiger partial charge in [0.05, 0.1) is 0 Å². The van der Waals surface area contributed by atoms with E-state index in [0.29, 0.717) is 18.4 Å². The van der Waals surface area contributed by atoms with Crippen LogP contribution >= 0.6 is 0 Å². The normalized spacial score (nSPS) is 23.5. The van der Waals surface area contributed by atoms with Crippen LogP contribution in [-0.4, -0.2) is 40.3 Å². The first-order chi connectivity index (χ1) is 11.3. The SMILES string of the molecule is CC(=O)OCC1OC(n2cc(C)c(=O)[nH]c2=O)CCC1OC(C)=O. The molecule has 2 rings (SSSR count). The zero-order chi connectivity index (χ0) is 17.9. The molecule has 9 heteroatoms. The number of carbonyl (C=O) groups excluding carboxylic acids is 2. The van der Waals surface area contributed by atoms with Crippen molar-refractivity contribution in [3.05, 3.63) is 32.6 Å². The summed E-state index contributed by atoms with van der Waals surface area (Å²) in [6.07, 6.45) is 0.329. The smallest absolute Gasteiger partial charge is 0.330 e. The molecule has 0 aliphatic carbocycles. The third-order valence-electron chi connectivity index (χ3n) is 3.67. The van der Waals surface area contributed by atoms with Crippen molar-refractivity contribution in [2.75, 3.05) is 6.61 Å². The number of nitrogens with zero attached hydrogens (tertiary/aromatic N) is 1. The Bertz CT molecular complexity index is 736. The van der Waals surface area contributed by atoms with Crippen LogP contribution in [0.2, 0.25) is 0 Å². The predicted molar refractivity (Wildman–Crippen MR) is 81.4 cm³/mol. The Morgan fingerprint density at radius 1 is 1.29 bits per heavy atom. The molecule has 0 spiro atoms. The minimum Gasteiger partial charge on any atom is -0.463 e. The van der Waals surface area contributed by atoms with E-state index < -0.39 is 41.6 Å². The lowest BCUT2D eigenvalue weighted by atomic mass is 10.0. The number of H-pyrrole nitrogens is 1. The van der Waals surface area contributed by atoms with Gasteiger partial charge in [-0.1, -0.05) is 0 Å². The second-order valence-electron chi connectivity index (χ2n) is 5.64. The molecule has 24 heavy (non-hydrogen) atoms. The van der Waals surface area contributed by atoms with Crippen molar-refractivity contribution >= 4 is 11.9 Å². The molecule has 132 valence electrons. The van der Waals surface area contributed by atoms with Crippen molar-refractivity contribution < 1.29 is 23.8 Å². The molecule has 1 aromatic rings. The minimum atomic E-state index is -0.698. The van der Waals surface area contributed by atoms with Crippen LogP contribution in [0.1, 0.15) is 38.5 Å². The van der Waals surface area contributed by atoms with E-state index in [0.717, 1.165) is 0 Å². The number of ether oxygens (including phenoxy) is 3. The Kier molecular flexibility index (Phi) is 5.55. The Labute approximate surface area is 137 Å². The van der Waals surface area contributed by atoms with E-state index in [9.17, 15) is 19.2 Å². The monoisotopic (exact) mass is 340 g/mol. The number of aromatic amines is 1. The third kappa shape index (κ3) is 4.31. The van der Waals surface area contributed by atoms with Crippen molar-refractivity contribution in [1.82, 2.24) is 9.55 Å². The topological polar surface area (TPSA) is 117 Å². The first kappa shape index (κ1) is 17.9. The van der Waals surface area contributed by atoms with Gasteiger partial charge in [0.2, 0.25) is 0 Å². The van der Waals surface area contributed by atoms with Gasteiger partial charge in [-0.2, -0.15) is 0 Å². The van der Waals surface area contributed by atoms with Crippen molar-refractivity contribution in [2.24, 2.45) is 0 Å². The standard InChI is InChI=1S/C15H20N2O7/c1-8-6-17(15(21)16-14(8)20)13-5-4-11(23-10(3)19)12(24-13)7-22-9(2)18/h6,11-13H,4-5,7H2,1-3H3,(H,16,20,21). The van der Waals surface area contributed by atoms with Crippen LogP contribution in [0.3, 0.4) is 0 Å². The highest BCUT2D eigenvalue weighted by Crippen LogP contribution is 2.28. The molecule has 1 fully saturated rings. The van der Waals surface area contributed by atoms with Gasteiger partial charge >= 0.3 is 17.6 Å². The van der Waals surface area contributed by atoms with Gasteiger partial charge in [-0.3, -0.25) is 23.9 Å². The highest BCUT2D eigenvalue weighted by molar-refractivity contribution is 5.66. The lowest BCUT2D eigenvalue weighted by Gasteiger charge is -2.36. The van der Waals surface area contributed by atoms with Crippen LogP contribution < -0.4 is 11.2 Å². The highest BCUT2D eigenvalue weighted by Gasteiger charge is 2.35. The van der Waals surface area contributed by atoms with E-state index in [1.807, 2.05) is 0 Å². The van der Waals surface area contributed by atoms with Crippen LogP contribution in [0.4, 0.5) is 0 Å². The Balaban J connectivity index is 2.21. The van der Waals surface area contributed by atoms with Crippen molar-refractivity contribution in [3.8, 4) is 0 Å². The summed E-state index contributed by atoms with van der Waals surface area (Å²) in [5, 5.41) is 0. The molecule has 3 atom stereocenters. The Morgan fingerprint density at radius 2 is 2.00 bits per heavy atom. The van der Waals surface area contributed by atoms with Crippen LogP contribution in [0.5, 0.6) is 0 Å². The molecular formula is C15H20N2O7. The lowest BCUT2D eigenvalue weighted by molar-refractivity contribution is -0.192. The summed E-state index contributed by atoms with van der Waals surface area (Å²) in [6.45, 7) is 4.03. The maximum absolute atomic E-state index is 12.0. The molecule has 9 nitrogen and oxygen atoms in total. The molecular weight excluding hydrogens is 320 g/mol. The summed E-state index contributed by atoms with van der Waals surface area (Å²) in [7, 11) is 0. The number of esters is 2. The average Bonchev–Trinajstić information content (AvgIpc) is 2.49. The second-order valence-corrected chi connectivity index (χ2v) is 5.64. The van der Waals surface area contributed by atoms with Gasteiger partial charge in [0.1, 0.15) is 25.0 Å².